The summed E-state index contributed by atoms with van der Waals surface area (Å²) in [6, 6.07) is 8.15. The number of anilines is 1. The Morgan fingerprint density at radius 1 is 1.36 bits per heavy atom. The molecule has 2 unspecified atom stereocenters. The van der Waals surface area contributed by atoms with Crippen LogP contribution >= 0.6 is 0 Å². The van der Waals surface area contributed by atoms with Crippen LogP contribution in [0.3, 0.4) is 0 Å². The molecule has 0 spiro atoms. The third kappa shape index (κ3) is 3.53. The third-order valence-corrected chi connectivity index (χ3v) is 4.51. The van der Waals surface area contributed by atoms with Crippen molar-refractivity contribution in [2.45, 2.75) is 25.4 Å². The molecule has 2 saturated heterocycles. The van der Waals surface area contributed by atoms with Gasteiger partial charge in [-0.15, -0.1) is 0 Å². The van der Waals surface area contributed by atoms with Gasteiger partial charge in [-0.2, -0.15) is 0 Å². The molecule has 3 rings (SSSR count). The van der Waals surface area contributed by atoms with Crippen molar-refractivity contribution in [3.05, 3.63) is 24.3 Å². The van der Waals surface area contributed by atoms with Crippen molar-refractivity contribution in [3.8, 4) is 5.75 Å². The number of amides is 1. The van der Waals surface area contributed by atoms with E-state index in [0.29, 0.717) is 12.5 Å². The Kier molecular flexibility index (Phi) is 4.83. The number of rotatable bonds is 5. The van der Waals surface area contributed by atoms with E-state index in [-0.39, 0.29) is 12.0 Å². The number of ether oxygens (including phenoxy) is 2. The van der Waals surface area contributed by atoms with Crippen molar-refractivity contribution in [3.63, 3.8) is 0 Å². The molecular formula is C17H24N2O3. The van der Waals surface area contributed by atoms with Crippen LogP contribution < -0.4 is 15.0 Å². The van der Waals surface area contributed by atoms with E-state index in [9.17, 15) is 4.79 Å². The number of hydrogen-bond donors (Lipinski definition) is 1. The standard InChI is InChI=1S/C17H24N2O3/c1-21-15-6-4-14(5-7-15)19-9-8-13(12-19)11-18-17(20)16-3-2-10-22-16/h4-7,13,16H,2-3,8-12H2,1H3,(H,18,20). The Morgan fingerprint density at radius 2 is 2.18 bits per heavy atom. The first-order valence-corrected chi connectivity index (χ1v) is 8.04. The molecule has 2 atom stereocenters. The van der Waals surface area contributed by atoms with Crippen molar-refractivity contribution in [1.29, 1.82) is 0 Å². The number of nitrogens with zero attached hydrogens (tertiary/aromatic N) is 1. The lowest BCUT2D eigenvalue weighted by molar-refractivity contribution is -0.130. The van der Waals surface area contributed by atoms with Crippen LogP contribution in [0.15, 0.2) is 24.3 Å². The lowest BCUT2D eigenvalue weighted by Crippen LogP contribution is -2.37. The van der Waals surface area contributed by atoms with Gasteiger partial charge in [-0.25, -0.2) is 0 Å². The lowest BCUT2D eigenvalue weighted by Gasteiger charge is -2.19. The Bertz CT molecular complexity index is 497. The summed E-state index contributed by atoms with van der Waals surface area (Å²) in [4.78, 5) is 14.3. The highest BCUT2D eigenvalue weighted by atomic mass is 16.5. The molecule has 0 radical (unpaired) electrons. The Labute approximate surface area is 131 Å². The zero-order valence-electron chi connectivity index (χ0n) is 13.1. The highest BCUT2D eigenvalue weighted by molar-refractivity contribution is 5.80. The molecule has 2 aliphatic heterocycles. The van der Waals surface area contributed by atoms with E-state index in [1.807, 2.05) is 12.1 Å². The van der Waals surface area contributed by atoms with Gasteiger partial charge >= 0.3 is 0 Å². The lowest BCUT2D eigenvalue weighted by atomic mass is 10.1. The molecule has 120 valence electrons. The van der Waals surface area contributed by atoms with E-state index < -0.39 is 0 Å². The van der Waals surface area contributed by atoms with E-state index in [0.717, 1.165) is 44.6 Å². The van der Waals surface area contributed by atoms with Crippen molar-refractivity contribution in [1.82, 2.24) is 5.32 Å². The molecule has 1 aromatic rings. The van der Waals surface area contributed by atoms with Gasteiger partial charge in [-0.05, 0) is 49.4 Å². The quantitative estimate of drug-likeness (QED) is 0.901. The molecule has 1 aromatic carbocycles. The first kappa shape index (κ1) is 15.2. The maximum atomic E-state index is 12.0. The molecule has 1 amide bonds. The van der Waals surface area contributed by atoms with Crippen LogP contribution in [0.1, 0.15) is 19.3 Å². The van der Waals surface area contributed by atoms with Crippen LogP contribution in [0.25, 0.3) is 0 Å². The smallest absolute Gasteiger partial charge is 0.249 e. The van der Waals surface area contributed by atoms with Crippen LogP contribution in [0.5, 0.6) is 5.75 Å². The van der Waals surface area contributed by atoms with Gasteiger partial charge in [0.05, 0.1) is 7.11 Å². The van der Waals surface area contributed by atoms with Crippen molar-refractivity contribution < 1.29 is 14.3 Å². The van der Waals surface area contributed by atoms with Crippen molar-refractivity contribution in [2.75, 3.05) is 38.3 Å². The Balaban J connectivity index is 1.46. The van der Waals surface area contributed by atoms with E-state index in [4.69, 9.17) is 9.47 Å². The van der Waals surface area contributed by atoms with Crippen LogP contribution in [0.4, 0.5) is 5.69 Å². The van der Waals surface area contributed by atoms with Crippen LogP contribution in [0, 0.1) is 5.92 Å². The molecule has 0 aliphatic carbocycles. The zero-order valence-corrected chi connectivity index (χ0v) is 13.1. The van der Waals surface area contributed by atoms with Gasteiger partial charge in [0, 0.05) is 31.9 Å². The Hall–Kier alpha value is -1.75. The number of methoxy groups -OCH3 is 1. The summed E-state index contributed by atoms with van der Waals surface area (Å²) in [5, 5.41) is 3.05. The molecule has 0 bridgehead atoms. The van der Waals surface area contributed by atoms with E-state index in [1.54, 1.807) is 7.11 Å². The minimum atomic E-state index is -0.223. The molecule has 5 nitrogen and oxygen atoms in total. The largest absolute Gasteiger partial charge is 0.497 e. The van der Waals surface area contributed by atoms with Crippen LogP contribution in [-0.2, 0) is 9.53 Å². The third-order valence-electron chi connectivity index (χ3n) is 4.51. The fourth-order valence-corrected chi connectivity index (χ4v) is 3.17. The van der Waals surface area contributed by atoms with Crippen LogP contribution in [0.2, 0.25) is 0 Å². The topological polar surface area (TPSA) is 50.8 Å². The summed E-state index contributed by atoms with van der Waals surface area (Å²) < 4.78 is 10.6. The number of carbonyl (C=O) groups is 1. The van der Waals surface area contributed by atoms with Gasteiger partial charge in [-0.1, -0.05) is 0 Å². The van der Waals surface area contributed by atoms with Gasteiger partial charge in [0.25, 0.3) is 0 Å². The average molecular weight is 304 g/mol. The number of hydrogen-bond acceptors (Lipinski definition) is 4. The van der Waals surface area contributed by atoms with Gasteiger partial charge in [0.2, 0.25) is 5.91 Å². The number of carbonyl (C=O) groups excluding carboxylic acids is 1. The molecule has 2 heterocycles. The van der Waals surface area contributed by atoms with E-state index in [1.165, 1.54) is 5.69 Å². The number of benzene rings is 1. The first-order chi connectivity index (χ1) is 10.8. The predicted octanol–water partition coefficient (Wildman–Crippen LogP) is 1.82. The second kappa shape index (κ2) is 7.01. The minimum Gasteiger partial charge on any atom is -0.497 e. The van der Waals surface area contributed by atoms with E-state index in [2.05, 4.69) is 22.3 Å². The molecule has 0 saturated carbocycles. The second-order valence-corrected chi connectivity index (χ2v) is 6.05. The van der Waals surface area contributed by atoms with Crippen molar-refractivity contribution >= 4 is 11.6 Å². The second-order valence-electron chi connectivity index (χ2n) is 6.05. The maximum absolute atomic E-state index is 12.0. The molecular weight excluding hydrogens is 280 g/mol. The van der Waals surface area contributed by atoms with Gasteiger partial charge < -0.3 is 19.7 Å². The normalized spacial score (nSPS) is 24.5. The summed E-state index contributed by atoms with van der Waals surface area (Å²) in [6.07, 6.45) is 2.73. The average Bonchev–Trinajstić information content (AvgIpc) is 3.24. The Morgan fingerprint density at radius 3 is 2.86 bits per heavy atom. The summed E-state index contributed by atoms with van der Waals surface area (Å²) in [7, 11) is 1.68. The monoisotopic (exact) mass is 304 g/mol. The fraction of sp³-hybridized carbons (Fsp3) is 0.588. The summed E-state index contributed by atoms with van der Waals surface area (Å²) >= 11 is 0. The molecule has 0 aromatic heterocycles. The van der Waals surface area contributed by atoms with E-state index >= 15 is 0 Å². The fourth-order valence-electron chi connectivity index (χ4n) is 3.17. The van der Waals surface area contributed by atoms with Crippen LogP contribution in [-0.4, -0.2) is 45.4 Å². The molecule has 2 fully saturated rings. The predicted molar refractivity (Wildman–Crippen MR) is 85.3 cm³/mol. The highest BCUT2D eigenvalue weighted by Gasteiger charge is 2.26. The molecule has 2 aliphatic rings. The molecule has 1 N–H and O–H groups in total. The van der Waals surface area contributed by atoms with Gasteiger partial charge in [0.1, 0.15) is 11.9 Å². The molecule has 22 heavy (non-hydrogen) atoms. The summed E-state index contributed by atoms with van der Waals surface area (Å²) in [5.74, 6) is 1.44. The first-order valence-electron chi connectivity index (χ1n) is 8.04. The SMILES string of the molecule is COc1ccc(N2CCC(CNC(=O)C3CCCO3)C2)cc1. The maximum Gasteiger partial charge on any atom is 0.249 e. The number of nitrogens with one attached hydrogen (secondary N) is 1. The van der Waals surface area contributed by atoms with Crippen molar-refractivity contribution in [2.24, 2.45) is 5.92 Å². The highest BCUT2D eigenvalue weighted by Crippen LogP contribution is 2.25. The zero-order chi connectivity index (χ0) is 15.4. The summed E-state index contributed by atoms with van der Waals surface area (Å²) in [5.41, 5.74) is 1.22. The molecule has 5 heteroatoms. The van der Waals surface area contributed by atoms with Gasteiger partial charge in [0.15, 0.2) is 0 Å². The summed E-state index contributed by atoms with van der Waals surface area (Å²) in [6.45, 7) is 3.48. The minimum absolute atomic E-state index is 0.0559. The van der Waals surface area contributed by atoms with Gasteiger partial charge in [-0.3, -0.25) is 4.79 Å².